The lowest BCUT2D eigenvalue weighted by Crippen LogP contribution is -2.37. The Morgan fingerprint density at radius 1 is 1.42 bits per heavy atom. The Hall–Kier alpha value is -0.540. The summed E-state index contributed by atoms with van der Waals surface area (Å²) in [4.78, 5) is 0. The van der Waals surface area contributed by atoms with Gasteiger partial charge >= 0.3 is 0 Å². The van der Waals surface area contributed by atoms with Crippen LogP contribution in [0.2, 0.25) is 0 Å². The van der Waals surface area contributed by atoms with E-state index in [2.05, 4.69) is 47.2 Å². The van der Waals surface area contributed by atoms with Gasteiger partial charge < -0.3 is 10.1 Å². The Labute approximate surface area is 125 Å². The van der Waals surface area contributed by atoms with E-state index in [0.29, 0.717) is 6.04 Å². The summed E-state index contributed by atoms with van der Waals surface area (Å²) in [6.45, 7) is 5.62. The molecule has 2 rings (SSSR count). The van der Waals surface area contributed by atoms with Gasteiger partial charge in [-0.2, -0.15) is 0 Å². The number of halogens is 1. The standard InChI is InChI=1S/C16H24BrNO/c1-4-18-15(11(2)13-6-7-13)10-12-5-8-16(19-3)14(17)9-12/h5,8-9,11,13,15,18H,4,6-7,10H2,1-3H3. The zero-order valence-electron chi connectivity index (χ0n) is 12.1. The minimum Gasteiger partial charge on any atom is -0.496 e. The van der Waals surface area contributed by atoms with Crippen molar-refractivity contribution in [2.75, 3.05) is 13.7 Å². The van der Waals surface area contributed by atoms with Crippen LogP contribution in [0.1, 0.15) is 32.3 Å². The first kappa shape index (κ1) is 14.9. The summed E-state index contributed by atoms with van der Waals surface area (Å²) in [5.74, 6) is 2.60. The fourth-order valence-electron chi connectivity index (χ4n) is 2.75. The van der Waals surface area contributed by atoms with E-state index in [0.717, 1.165) is 35.0 Å². The van der Waals surface area contributed by atoms with Crippen LogP contribution >= 0.6 is 15.9 Å². The maximum Gasteiger partial charge on any atom is 0.133 e. The van der Waals surface area contributed by atoms with Crippen LogP contribution in [0.3, 0.4) is 0 Å². The average Bonchev–Trinajstić information content (AvgIpc) is 3.22. The Bertz CT molecular complexity index is 417. The maximum atomic E-state index is 5.29. The molecule has 1 N–H and O–H groups in total. The van der Waals surface area contributed by atoms with Crippen molar-refractivity contribution in [3.05, 3.63) is 28.2 Å². The first-order chi connectivity index (χ1) is 9.15. The van der Waals surface area contributed by atoms with Gasteiger partial charge in [0.25, 0.3) is 0 Å². The van der Waals surface area contributed by atoms with Crippen molar-refractivity contribution >= 4 is 15.9 Å². The van der Waals surface area contributed by atoms with Crippen molar-refractivity contribution in [3.63, 3.8) is 0 Å². The molecule has 19 heavy (non-hydrogen) atoms. The van der Waals surface area contributed by atoms with Gasteiger partial charge in [0.15, 0.2) is 0 Å². The molecule has 1 fully saturated rings. The van der Waals surface area contributed by atoms with Gasteiger partial charge in [-0.05, 0) is 71.3 Å². The van der Waals surface area contributed by atoms with Crippen molar-refractivity contribution in [3.8, 4) is 5.75 Å². The minimum absolute atomic E-state index is 0.581. The van der Waals surface area contributed by atoms with Crippen LogP contribution in [0.15, 0.2) is 22.7 Å². The molecule has 0 saturated heterocycles. The molecule has 0 heterocycles. The number of methoxy groups -OCH3 is 1. The molecule has 0 amide bonds. The summed E-state index contributed by atoms with van der Waals surface area (Å²) < 4.78 is 6.33. The van der Waals surface area contributed by atoms with E-state index >= 15 is 0 Å². The highest BCUT2D eigenvalue weighted by Gasteiger charge is 2.32. The molecule has 2 unspecified atom stereocenters. The molecule has 0 bridgehead atoms. The number of hydrogen-bond donors (Lipinski definition) is 1. The molecular weight excluding hydrogens is 302 g/mol. The predicted octanol–water partition coefficient (Wildman–Crippen LogP) is 4.02. The lowest BCUT2D eigenvalue weighted by molar-refractivity contribution is 0.344. The normalized spacial score (nSPS) is 18.1. The zero-order valence-corrected chi connectivity index (χ0v) is 13.7. The number of ether oxygens (including phenoxy) is 1. The molecule has 0 aliphatic heterocycles. The van der Waals surface area contributed by atoms with Gasteiger partial charge in [-0.25, -0.2) is 0 Å². The third-order valence-electron chi connectivity index (χ3n) is 4.14. The molecule has 1 aromatic rings. The second kappa shape index (κ2) is 6.76. The molecule has 0 aromatic heterocycles. The Balaban J connectivity index is 2.05. The number of rotatable bonds is 7. The van der Waals surface area contributed by atoms with Crippen molar-refractivity contribution in [2.45, 2.75) is 39.2 Å². The highest BCUT2D eigenvalue weighted by molar-refractivity contribution is 9.10. The molecule has 1 aliphatic rings. The first-order valence-electron chi connectivity index (χ1n) is 7.21. The molecule has 2 atom stereocenters. The van der Waals surface area contributed by atoms with E-state index in [-0.39, 0.29) is 0 Å². The van der Waals surface area contributed by atoms with E-state index in [4.69, 9.17) is 4.74 Å². The van der Waals surface area contributed by atoms with Crippen LogP contribution < -0.4 is 10.1 Å². The summed E-state index contributed by atoms with van der Waals surface area (Å²) in [5, 5.41) is 3.65. The monoisotopic (exact) mass is 325 g/mol. The largest absolute Gasteiger partial charge is 0.496 e. The smallest absolute Gasteiger partial charge is 0.133 e. The van der Waals surface area contributed by atoms with Gasteiger partial charge in [-0.15, -0.1) is 0 Å². The number of nitrogens with one attached hydrogen (secondary N) is 1. The number of likely N-dealkylation sites (N-methyl/N-ethyl adjacent to an activating group) is 1. The summed E-state index contributed by atoms with van der Waals surface area (Å²) in [7, 11) is 1.70. The summed E-state index contributed by atoms with van der Waals surface area (Å²) >= 11 is 3.57. The van der Waals surface area contributed by atoms with Crippen LogP contribution in [-0.2, 0) is 6.42 Å². The molecule has 0 radical (unpaired) electrons. The fraction of sp³-hybridized carbons (Fsp3) is 0.625. The number of benzene rings is 1. The van der Waals surface area contributed by atoms with Crippen LogP contribution in [0.4, 0.5) is 0 Å². The van der Waals surface area contributed by atoms with E-state index in [1.54, 1.807) is 7.11 Å². The van der Waals surface area contributed by atoms with Crippen molar-refractivity contribution < 1.29 is 4.74 Å². The van der Waals surface area contributed by atoms with E-state index in [1.165, 1.54) is 18.4 Å². The quantitative estimate of drug-likeness (QED) is 0.817. The molecule has 106 valence electrons. The predicted molar refractivity (Wildman–Crippen MR) is 83.8 cm³/mol. The first-order valence-corrected chi connectivity index (χ1v) is 8.00. The molecule has 2 nitrogen and oxygen atoms in total. The Morgan fingerprint density at radius 2 is 2.16 bits per heavy atom. The fourth-order valence-corrected chi connectivity index (χ4v) is 3.34. The van der Waals surface area contributed by atoms with Gasteiger partial charge in [0.05, 0.1) is 11.6 Å². The molecule has 3 heteroatoms. The number of hydrogen-bond acceptors (Lipinski definition) is 2. The van der Waals surface area contributed by atoms with Gasteiger partial charge in [0, 0.05) is 6.04 Å². The highest BCUT2D eigenvalue weighted by atomic mass is 79.9. The molecule has 0 spiro atoms. The molecular formula is C16H24BrNO. The topological polar surface area (TPSA) is 21.3 Å². The molecule has 1 aromatic carbocycles. The molecule has 1 saturated carbocycles. The van der Waals surface area contributed by atoms with Gasteiger partial charge in [0.1, 0.15) is 5.75 Å². The minimum atomic E-state index is 0.581. The Kier molecular flexibility index (Phi) is 5.28. The second-order valence-electron chi connectivity index (χ2n) is 5.53. The van der Waals surface area contributed by atoms with E-state index < -0.39 is 0 Å². The lowest BCUT2D eigenvalue weighted by Gasteiger charge is -2.25. The SMILES string of the molecule is CCNC(Cc1ccc(OC)c(Br)c1)C(C)C1CC1. The van der Waals surface area contributed by atoms with Crippen molar-refractivity contribution in [1.82, 2.24) is 5.32 Å². The summed E-state index contributed by atoms with van der Waals surface area (Å²) in [6, 6.07) is 6.98. The average molecular weight is 326 g/mol. The van der Waals surface area contributed by atoms with Crippen LogP contribution in [0.5, 0.6) is 5.75 Å². The van der Waals surface area contributed by atoms with Crippen LogP contribution in [-0.4, -0.2) is 19.7 Å². The molecule has 1 aliphatic carbocycles. The second-order valence-corrected chi connectivity index (χ2v) is 6.39. The van der Waals surface area contributed by atoms with Gasteiger partial charge in [-0.3, -0.25) is 0 Å². The van der Waals surface area contributed by atoms with Crippen molar-refractivity contribution in [1.29, 1.82) is 0 Å². The van der Waals surface area contributed by atoms with E-state index in [1.807, 2.05) is 6.07 Å². The third kappa shape index (κ3) is 3.96. The zero-order chi connectivity index (χ0) is 13.8. The van der Waals surface area contributed by atoms with Gasteiger partial charge in [-0.1, -0.05) is 19.9 Å². The Morgan fingerprint density at radius 3 is 2.68 bits per heavy atom. The highest BCUT2D eigenvalue weighted by Crippen LogP contribution is 2.39. The maximum absolute atomic E-state index is 5.29. The summed E-state index contributed by atoms with van der Waals surface area (Å²) in [6.07, 6.45) is 3.92. The van der Waals surface area contributed by atoms with Crippen molar-refractivity contribution in [2.24, 2.45) is 11.8 Å². The summed E-state index contributed by atoms with van der Waals surface area (Å²) in [5.41, 5.74) is 1.37. The lowest BCUT2D eigenvalue weighted by atomic mass is 9.91. The van der Waals surface area contributed by atoms with E-state index in [9.17, 15) is 0 Å². The van der Waals surface area contributed by atoms with Crippen LogP contribution in [0, 0.1) is 11.8 Å². The third-order valence-corrected chi connectivity index (χ3v) is 4.76. The van der Waals surface area contributed by atoms with Gasteiger partial charge in [0.2, 0.25) is 0 Å². The van der Waals surface area contributed by atoms with Crippen LogP contribution in [0.25, 0.3) is 0 Å².